The predicted octanol–water partition coefficient (Wildman–Crippen LogP) is 2.93. The number of hydrogen-bond donors (Lipinski definition) is 3. The predicted molar refractivity (Wildman–Crippen MR) is 86.2 cm³/mol. The molecule has 0 bridgehead atoms. The minimum absolute atomic E-state index is 0.305. The fraction of sp³-hybridized carbons (Fsp3) is 0.0714. The molecule has 0 saturated heterocycles. The second kappa shape index (κ2) is 6.78. The quantitative estimate of drug-likeness (QED) is 0.260. The van der Waals surface area contributed by atoms with Crippen LogP contribution in [-0.2, 0) is 5.75 Å². The van der Waals surface area contributed by atoms with Crippen LogP contribution in [0.4, 0.5) is 5.69 Å². The van der Waals surface area contributed by atoms with Gasteiger partial charge in [0, 0.05) is 26.4 Å². The van der Waals surface area contributed by atoms with Gasteiger partial charge >= 0.3 is 0 Å². The topological polar surface area (TPSA) is 81.1 Å². The molecule has 0 aliphatic rings. The summed E-state index contributed by atoms with van der Waals surface area (Å²) >= 11 is 5.16. The SMILES string of the molecule is NNC(=O)c1ccc(CSc2cccc(N)c2)c(Br)c1. The molecule has 0 radical (unpaired) electrons. The van der Waals surface area contributed by atoms with Crippen molar-refractivity contribution in [3.63, 3.8) is 0 Å². The molecule has 2 rings (SSSR count). The molecule has 0 unspecified atom stereocenters. The summed E-state index contributed by atoms with van der Waals surface area (Å²) in [6.07, 6.45) is 0. The first-order valence-corrected chi connectivity index (χ1v) is 7.65. The molecule has 5 N–H and O–H groups in total. The van der Waals surface area contributed by atoms with Crippen LogP contribution in [0.3, 0.4) is 0 Å². The summed E-state index contributed by atoms with van der Waals surface area (Å²) in [7, 11) is 0. The molecular formula is C14H14BrN3OS. The van der Waals surface area contributed by atoms with Crippen molar-refractivity contribution in [2.24, 2.45) is 5.84 Å². The summed E-state index contributed by atoms with van der Waals surface area (Å²) < 4.78 is 0.884. The van der Waals surface area contributed by atoms with Gasteiger partial charge in [-0.25, -0.2) is 5.84 Å². The Morgan fingerprint density at radius 3 is 2.70 bits per heavy atom. The summed E-state index contributed by atoms with van der Waals surface area (Å²) in [4.78, 5) is 12.5. The van der Waals surface area contributed by atoms with Gasteiger partial charge in [0.2, 0.25) is 0 Å². The van der Waals surface area contributed by atoms with Crippen LogP contribution in [0.25, 0.3) is 0 Å². The van der Waals surface area contributed by atoms with Crippen molar-refractivity contribution in [2.75, 3.05) is 5.73 Å². The molecule has 0 spiro atoms. The lowest BCUT2D eigenvalue weighted by Gasteiger charge is -2.07. The maximum atomic E-state index is 11.4. The third kappa shape index (κ3) is 3.75. The van der Waals surface area contributed by atoms with Crippen LogP contribution in [0.5, 0.6) is 0 Å². The number of hydrogen-bond acceptors (Lipinski definition) is 4. The van der Waals surface area contributed by atoms with Gasteiger partial charge in [-0.2, -0.15) is 0 Å². The van der Waals surface area contributed by atoms with E-state index in [1.807, 2.05) is 30.3 Å². The van der Waals surface area contributed by atoms with E-state index in [9.17, 15) is 4.79 Å². The van der Waals surface area contributed by atoms with Crippen LogP contribution in [0, 0.1) is 0 Å². The van der Waals surface area contributed by atoms with E-state index >= 15 is 0 Å². The average Bonchev–Trinajstić information content (AvgIpc) is 2.45. The number of carbonyl (C=O) groups excluding carboxylic acids is 1. The number of carbonyl (C=O) groups is 1. The van der Waals surface area contributed by atoms with Crippen LogP contribution >= 0.6 is 27.7 Å². The molecular weight excluding hydrogens is 338 g/mol. The van der Waals surface area contributed by atoms with Gasteiger partial charge < -0.3 is 5.73 Å². The van der Waals surface area contributed by atoms with Crippen molar-refractivity contribution in [2.45, 2.75) is 10.6 Å². The van der Waals surface area contributed by atoms with Crippen molar-refractivity contribution in [3.8, 4) is 0 Å². The van der Waals surface area contributed by atoms with Gasteiger partial charge in [-0.3, -0.25) is 10.2 Å². The van der Waals surface area contributed by atoms with Crippen LogP contribution in [0.2, 0.25) is 0 Å². The average molecular weight is 352 g/mol. The molecule has 6 heteroatoms. The molecule has 0 fully saturated rings. The Labute approximate surface area is 130 Å². The lowest BCUT2D eigenvalue weighted by Crippen LogP contribution is -2.29. The molecule has 0 saturated carbocycles. The lowest BCUT2D eigenvalue weighted by molar-refractivity contribution is 0.0953. The van der Waals surface area contributed by atoms with Crippen molar-refractivity contribution in [1.82, 2.24) is 5.43 Å². The number of anilines is 1. The number of halogens is 1. The first-order valence-electron chi connectivity index (χ1n) is 5.88. The third-order valence-electron chi connectivity index (χ3n) is 2.70. The maximum absolute atomic E-state index is 11.4. The second-order valence-corrected chi connectivity index (χ2v) is 6.04. The van der Waals surface area contributed by atoms with E-state index in [0.717, 1.165) is 26.4 Å². The van der Waals surface area contributed by atoms with Gasteiger partial charge in [-0.1, -0.05) is 28.1 Å². The second-order valence-electron chi connectivity index (χ2n) is 4.14. The van der Waals surface area contributed by atoms with Crippen molar-refractivity contribution in [1.29, 1.82) is 0 Å². The molecule has 0 aliphatic heterocycles. The van der Waals surface area contributed by atoms with Crippen LogP contribution in [0.15, 0.2) is 51.8 Å². The Hall–Kier alpha value is -1.50. The van der Waals surface area contributed by atoms with E-state index in [2.05, 4.69) is 21.4 Å². The highest BCUT2D eigenvalue weighted by Gasteiger charge is 2.07. The highest BCUT2D eigenvalue weighted by Crippen LogP contribution is 2.28. The minimum Gasteiger partial charge on any atom is -0.399 e. The Bertz CT molecular complexity index is 634. The van der Waals surface area contributed by atoms with E-state index in [0.29, 0.717) is 5.56 Å². The first-order chi connectivity index (χ1) is 9.60. The van der Waals surface area contributed by atoms with E-state index in [-0.39, 0.29) is 5.91 Å². The summed E-state index contributed by atoms with van der Waals surface area (Å²) in [5.41, 5.74) is 10.2. The first kappa shape index (κ1) is 14.9. The standard InChI is InChI=1S/C14H14BrN3OS/c15-13-6-9(14(19)18-17)4-5-10(13)8-20-12-3-1-2-11(16)7-12/h1-7H,8,16-17H2,(H,18,19). The molecule has 0 heterocycles. The molecule has 104 valence electrons. The number of benzene rings is 2. The smallest absolute Gasteiger partial charge is 0.265 e. The van der Waals surface area contributed by atoms with Crippen LogP contribution in [-0.4, -0.2) is 5.91 Å². The van der Waals surface area contributed by atoms with Crippen molar-refractivity contribution in [3.05, 3.63) is 58.1 Å². The van der Waals surface area contributed by atoms with Gasteiger partial charge in [0.25, 0.3) is 5.91 Å². The maximum Gasteiger partial charge on any atom is 0.265 e. The van der Waals surface area contributed by atoms with E-state index in [4.69, 9.17) is 11.6 Å². The molecule has 0 atom stereocenters. The lowest BCUT2D eigenvalue weighted by atomic mass is 10.1. The summed E-state index contributed by atoms with van der Waals surface area (Å²) in [5.74, 6) is 5.59. The zero-order chi connectivity index (χ0) is 14.5. The number of rotatable bonds is 4. The van der Waals surface area contributed by atoms with E-state index in [1.165, 1.54) is 0 Å². The van der Waals surface area contributed by atoms with Gasteiger partial charge in [-0.15, -0.1) is 11.8 Å². The normalized spacial score (nSPS) is 10.3. The molecule has 2 aromatic rings. The Kier molecular flexibility index (Phi) is 5.05. The number of nitrogens with one attached hydrogen (secondary N) is 1. The molecule has 2 aromatic carbocycles. The number of amides is 1. The molecule has 4 nitrogen and oxygen atoms in total. The van der Waals surface area contributed by atoms with Crippen LogP contribution < -0.4 is 17.0 Å². The highest BCUT2D eigenvalue weighted by molar-refractivity contribution is 9.10. The Morgan fingerprint density at radius 1 is 1.25 bits per heavy atom. The van der Waals surface area contributed by atoms with Crippen molar-refractivity contribution >= 4 is 39.3 Å². The van der Waals surface area contributed by atoms with Gasteiger partial charge in [0.1, 0.15) is 0 Å². The van der Waals surface area contributed by atoms with Gasteiger partial charge in [0.05, 0.1) is 0 Å². The van der Waals surface area contributed by atoms with E-state index < -0.39 is 0 Å². The minimum atomic E-state index is -0.305. The molecule has 0 aromatic heterocycles. The Balaban J connectivity index is 2.08. The molecule has 0 aliphatic carbocycles. The zero-order valence-corrected chi connectivity index (χ0v) is 13.0. The van der Waals surface area contributed by atoms with E-state index in [1.54, 1.807) is 23.9 Å². The van der Waals surface area contributed by atoms with Crippen LogP contribution in [0.1, 0.15) is 15.9 Å². The highest BCUT2D eigenvalue weighted by atomic mass is 79.9. The van der Waals surface area contributed by atoms with Gasteiger partial charge in [0.15, 0.2) is 0 Å². The number of thioether (sulfide) groups is 1. The monoisotopic (exact) mass is 351 g/mol. The number of nitrogen functional groups attached to an aromatic ring is 2. The van der Waals surface area contributed by atoms with Gasteiger partial charge in [-0.05, 0) is 35.9 Å². The number of nitrogens with two attached hydrogens (primary N) is 2. The zero-order valence-electron chi connectivity index (χ0n) is 10.6. The fourth-order valence-electron chi connectivity index (χ4n) is 1.65. The summed E-state index contributed by atoms with van der Waals surface area (Å²) in [5, 5.41) is 0. The summed E-state index contributed by atoms with van der Waals surface area (Å²) in [6.45, 7) is 0. The fourth-order valence-corrected chi connectivity index (χ4v) is 3.33. The van der Waals surface area contributed by atoms with Crippen molar-refractivity contribution < 1.29 is 4.79 Å². The Morgan fingerprint density at radius 2 is 2.05 bits per heavy atom. The summed E-state index contributed by atoms with van der Waals surface area (Å²) in [6, 6.07) is 13.2. The third-order valence-corrected chi connectivity index (χ3v) is 4.48. The largest absolute Gasteiger partial charge is 0.399 e. The number of hydrazine groups is 1. The molecule has 20 heavy (non-hydrogen) atoms. The molecule has 1 amide bonds.